The summed E-state index contributed by atoms with van der Waals surface area (Å²) in [5.41, 5.74) is 2.14. The minimum Gasteiger partial charge on any atom is -0.337 e. The number of piperazine rings is 1. The highest BCUT2D eigenvalue weighted by Crippen LogP contribution is 2.16. The third-order valence-electron chi connectivity index (χ3n) is 3.98. The van der Waals surface area contributed by atoms with Gasteiger partial charge in [-0.15, -0.1) is 0 Å². The Morgan fingerprint density at radius 3 is 2.33 bits per heavy atom. The van der Waals surface area contributed by atoms with Gasteiger partial charge in [-0.25, -0.2) is 9.97 Å². The maximum atomic E-state index is 12.4. The van der Waals surface area contributed by atoms with Crippen LogP contribution in [0, 0.1) is 0 Å². The molecule has 0 aromatic carbocycles. The Morgan fingerprint density at radius 1 is 1.19 bits per heavy atom. The first-order valence-electron chi connectivity index (χ1n) is 7.06. The number of carbonyl (C=O) groups excluding carboxylic acids is 1. The summed E-state index contributed by atoms with van der Waals surface area (Å²) in [6, 6.07) is 0. The lowest BCUT2D eigenvalue weighted by molar-refractivity contribution is -0.127. The molecule has 1 aromatic heterocycles. The Labute approximate surface area is 132 Å². The van der Waals surface area contributed by atoms with Gasteiger partial charge in [0.05, 0.1) is 4.47 Å². The number of aromatic nitrogens is 2. The molecule has 1 amide bonds. The van der Waals surface area contributed by atoms with Gasteiger partial charge in [-0.05, 0) is 28.4 Å². The number of hydrogen-bond acceptors (Lipinski definition) is 5. The van der Waals surface area contributed by atoms with E-state index in [-0.39, 0.29) is 5.91 Å². The number of rotatable bonds is 2. The van der Waals surface area contributed by atoms with Gasteiger partial charge in [-0.1, -0.05) is 0 Å². The lowest BCUT2D eigenvalue weighted by atomic mass is 10.0. The highest BCUT2D eigenvalue weighted by molar-refractivity contribution is 9.10. The normalized spacial score (nSPS) is 18.5. The summed E-state index contributed by atoms with van der Waals surface area (Å²) in [7, 11) is 0. The Bertz CT molecular complexity index is 557. The van der Waals surface area contributed by atoms with E-state index in [2.05, 4.69) is 36.1 Å². The van der Waals surface area contributed by atoms with E-state index in [9.17, 15) is 4.79 Å². The van der Waals surface area contributed by atoms with Crippen molar-refractivity contribution in [2.45, 2.75) is 6.92 Å². The molecule has 0 spiro atoms. The quantitative estimate of drug-likeness (QED) is 0.799. The predicted octanol–water partition coefficient (Wildman–Crippen LogP) is 0.807. The van der Waals surface area contributed by atoms with Crippen molar-refractivity contribution in [3.05, 3.63) is 28.0 Å². The van der Waals surface area contributed by atoms with E-state index in [1.807, 2.05) is 11.8 Å². The van der Waals surface area contributed by atoms with Gasteiger partial charge < -0.3 is 15.1 Å². The molecule has 0 radical (unpaired) electrons. The lowest BCUT2D eigenvalue weighted by Crippen LogP contribution is -2.50. The van der Waals surface area contributed by atoms with Crippen molar-refractivity contribution in [2.24, 2.45) is 0 Å². The van der Waals surface area contributed by atoms with Crippen LogP contribution in [-0.2, 0) is 4.79 Å². The SMILES string of the molecule is CC(C(=O)N1CCN(c2ncc(Br)cn2)CC1)=C1CNC1. The van der Waals surface area contributed by atoms with Crippen LogP contribution in [0.1, 0.15) is 6.92 Å². The molecule has 3 heterocycles. The Hall–Kier alpha value is -1.47. The molecular formula is C14H18BrN5O. The largest absolute Gasteiger partial charge is 0.337 e. The van der Waals surface area contributed by atoms with Crippen molar-refractivity contribution in [3.8, 4) is 0 Å². The molecule has 0 atom stereocenters. The smallest absolute Gasteiger partial charge is 0.249 e. The summed E-state index contributed by atoms with van der Waals surface area (Å²) in [6.07, 6.45) is 3.50. The number of amides is 1. The molecule has 2 saturated heterocycles. The monoisotopic (exact) mass is 351 g/mol. The van der Waals surface area contributed by atoms with Crippen molar-refractivity contribution >= 4 is 27.8 Å². The molecule has 21 heavy (non-hydrogen) atoms. The molecule has 0 bridgehead atoms. The van der Waals surface area contributed by atoms with Crippen molar-refractivity contribution in [3.63, 3.8) is 0 Å². The van der Waals surface area contributed by atoms with Crippen LogP contribution in [-0.4, -0.2) is 60.0 Å². The molecule has 0 unspecified atom stereocenters. The summed E-state index contributed by atoms with van der Waals surface area (Å²) >= 11 is 3.33. The number of carbonyl (C=O) groups is 1. The van der Waals surface area contributed by atoms with E-state index < -0.39 is 0 Å². The topological polar surface area (TPSA) is 61.4 Å². The summed E-state index contributed by atoms with van der Waals surface area (Å²) < 4.78 is 0.872. The number of hydrogen-bond donors (Lipinski definition) is 1. The van der Waals surface area contributed by atoms with E-state index in [4.69, 9.17) is 0 Å². The molecule has 2 aliphatic rings. The molecule has 0 saturated carbocycles. The van der Waals surface area contributed by atoms with E-state index in [0.717, 1.165) is 55.3 Å². The van der Waals surface area contributed by atoms with Crippen LogP contribution >= 0.6 is 15.9 Å². The summed E-state index contributed by atoms with van der Waals surface area (Å²) in [6.45, 7) is 6.62. The average Bonchev–Trinajstić information content (AvgIpc) is 2.46. The summed E-state index contributed by atoms with van der Waals surface area (Å²) in [5, 5.41) is 3.18. The fourth-order valence-electron chi connectivity index (χ4n) is 2.48. The molecule has 2 fully saturated rings. The average molecular weight is 352 g/mol. The van der Waals surface area contributed by atoms with Crippen LogP contribution in [0.5, 0.6) is 0 Å². The number of halogens is 1. The predicted molar refractivity (Wildman–Crippen MR) is 84.1 cm³/mol. The van der Waals surface area contributed by atoms with Gasteiger partial charge in [0.25, 0.3) is 0 Å². The van der Waals surface area contributed by atoms with Crippen LogP contribution < -0.4 is 10.2 Å². The zero-order chi connectivity index (χ0) is 14.8. The zero-order valence-electron chi connectivity index (χ0n) is 12.0. The molecule has 2 aliphatic heterocycles. The van der Waals surface area contributed by atoms with Crippen molar-refractivity contribution in [2.75, 3.05) is 44.2 Å². The van der Waals surface area contributed by atoms with Gasteiger partial charge >= 0.3 is 0 Å². The molecule has 3 rings (SSSR count). The molecule has 1 aromatic rings. The van der Waals surface area contributed by atoms with Crippen LogP contribution in [0.3, 0.4) is 0 Å². The lowest BCUT2D eigenvalue weighted by Gasteiger charge is -2.35. The first-order valence-corrected chi connectivity index (χ1v) is 7.85. The van der Waals surface area contributed by atoms with Crippen LogP contribution in [0.25, 0.3) is 0 Å². The number of nitrogens with zero attached hydrogens (tertiary/aromatic N) is 4. The van der Waals surface area contributed by atoms with Crippen molar-refractivity contribution < 1.29 is 4.79 Å². The van der Waals surface area contributed by atoms with Gasteiger partial charge in [0, 0.05) is 57.2 Å². The molecular weight excluding hydrogens is 334 g/mol. The van der Waals surface area contributed by atoms with Crippen molar-refractivity contribution in [1.82, 2.24) is 20.2 Å². The highest BCUT2D eigenvalue weighted by atomic mass is 79.9. The summed E-state index contributed by atoms with van der Waals surface area (Å²) in [4.78, 5) is 25.1. The van der Waals surface area contributed by atoms with E-state index in [1.165, 1.54) is 5.57 Å². The Morgan fingerprint density at radius 2 is 1.81 bits per heavy atom. The van der Waals surface area contributed by atoms with Crippen molar-refractivity contribution in [1.29, 1.82) is 0 Å². The van der Waals surface area contributed by atoms with E-state index in [0.29, 0.717) is 0 Å². The van der Waals surface area contributed by atoms with Crippen LogP contribution in [0.4, 0.5) is 5.95 Å². The van der Waals surface area contributed by atoms with Crippen LogP contribution in [0.15, 0.2) is 28.0 Å². The Kier molecular flexibility index (Phi) is 4.21. The molecule has 0 aliphatic carbocycles. The van der Waals surface area contributed by atoms with Gasteiger partial charge in [-0.3, -0.25) is 4.79 Å². The molecule has 112 valence electrons. The molecule has 7 heteroatoms. The van der Waals surface area contributed by atoms with Gasteiger partial charge in [0.2, 0.25) is 11.9 Å². The maximum Gasteiger partial charge on any atom is 0.249 e. The first-order chi connectivity index (χ1) is 10.1. The van der Waals surface area contributed by atoms with E-state index >= 15 is 0 Å². The minimum atomic E-state index is 0.169. The molecule has 6 nitrogen and oxygen atoms in total. The zero-order valence-corrected chi connectivity index (χ0v) is 13.6. The van der Waals surface area contributed by atoms with Crippen LogP contribution in [0.2, 0.25) is 0 Å². The second kappa shape index (κ2) is 6.11. The third-order valence-corrected chi connectivity index (χ3v) is 4.39. The fraction of sp³-hybridized carbons (Fsp3) is 0.500. The van der Waals surface area contributed by atoms with Gasteiger partial charge in [0.1, 0.15) is 0 Å². The molecule has 1 N–H and O–H groups in total. The fourth-order valence-corrected chi connectivity index (χ4v) is 2.69. The van der Waals surface area contributed by atoms with E-state index in [1.54, 1.807) is 12.4 Å². The number of nitrogens with one attached hydrogen (secondary N) is 1. The Balaban J connectivity index is 1.60. The van der Waals surface area contributed by atoms with Gasteiger partial charge in [0.15, 0.2) is 0 Å². The van der Waals surface area contributed by atoms with Gasteiger partial charge in [-0.2, -0.15) is 0 Å². The standard InChI is InChI=1S/C14H18BrN5O/c1-10(11-6-16-7-11)13(21)19-2-4-20(5-3-19)14-17-8-12(15)9-18-14/h8-9,16H,2-7H2,1H3. The second-order valence-electron chi connectivity index (χ2n) is 5.31. The third kappa shape index (κ3) is 3.08. The summed E-state index contributed by atoms with van der Waals surface area (Å²) in [5.74, 6) is 0.895. The second-order valence-corrected chi connectivity index (χ2v) is 6.23. The maximum absolute atomic E-state index is 12.4. The first kappa shape index (κ1) is 14.5. The number of anilines is 1. The highest BCUT2D eigenvalue weighted by Gasteiger charge is 2.25. The minimum absolute atomic E-state index is 0.169.